The van der Waals surface area contributed by atoms with Crippen molar-refractivity contribution in [3.8, 4) is 11.1 Å². The van der Waals surface area contributed by atoms with Crippen LogP contribution in [0.2, 0.25) is 0 Å². The number of benzene rings is 1. The Hall–Kier alpha value is -3.02. The SMILES string of the molecule is CCc1ncc(C(=O)N2CCC(c3[nH]ncc3-c3ccccc3C)CC2)cn1. The minimum absolute atomic E-state index is 0.0184. The first-order valence-electron chi connectivity index (χ1n) is 9.86. The first-order chi connectivity index (χ1) is 13.7. The van der Waals surface area contributed by atoms with Crippen LogP contribution in [0.3, 0.4) is 0 Å². The van der Waals surface area contributed by atoms with Crippen LogP contribution >= 0.6 is 0 Å². The molecule has 0 spiro atoms. The van der Waals surface area contributed by atoms with Gasteiger partial charge >= 0.3 is 0 Å². The maximum atomic E-state index is 12.8. The molecule has 3 heterocycles. The van der Waals surface area contributed by atoms with Crippen LogP contribution < -0.4 is 0 Å². The number of carbonyl (C=O) groups is 1. The van der Waals surface area contributed by atoms with Crippen molar-refractivity contribution < 1.29 is 4.79 Å². The fraction of sp³-hybridized carbons (Fsp3) is 0.364. The van der Waals surface area contributed by atoms with Gasteiger partial charge in [0.05, 0.1) is 11.8 Å². The molecule has 6 nitrogen and oxygen atoms in total. The van der Waals surface area contributed by atoms with Gasteiger partial charge < -0.3 is 4.90 Å². The number of carbonyl (C=O) groups excluding carboxylic acids is 1. The van der Waals surface area contributed by atoms with Gasteiger partial charge in [-0.3, -0.25) is 9.89 Å². The number of amides is 1. The molecule has 0 bridgehead atoms. The summed E-state index contributed by atoms with van der Waals surface area (Å²) in [7, 11) is 0. The lowest BCUT2D eigenvalue weighted by Gasteiger charge is -2.32. The second-order valence-electron chi connectivity index (χ2n) is 7.32. The number of aromatic amines is 1. The molecule has 1 amide bonds. The highest BCUT2D eigenvalue weighted by atomic mass is 16.2. The first kappa shape index (κ1) is 18.3. The summed E-state index contributed by atoms with van der Waals surface area (Å²) in [6.45, 7) is 5.58. The van der Waals surface area contributed by atoms with Gasteiger partial charge in [0.15, 0.2) is 0 Å². The molecule has 1 N–H and O–H groups in total. The van der Waals surface area contributed by atoms with Crippen molar-refractivity contribution in [2.45, 2.75) is 39.0 Å². The predicted octanol–water partition coefficient (Wildman–Crippen LogP) is 3.76. The van der Waals surface area contributed by atoms with E-state index in [0.717, 1.165) is 38.2 Å². The van der Waals surface area contributed by atoms with E-state index in [1.165, 1.54) is 22.4 Å². The van der Waals surface area contributed by atoms with Gasteiger partial charge in [0.2, 0.25) is 0 Å². The summed E-state index contributed by atoms with van der Waals surface area (Å²) in [5.74, 6) is 1.16. The van der Waals surface area contributed by atoms with Crippen LogP contribution in [0.4, 0.5) is 0 Å². The van der Waals surface area contributed by atoms with Crippen molar-refractivity contribution in [3.63, 3.8) is 0 Å². The average molecular weight is 375 g/mol. The van der Waals surface area contributed by atoms with Crippen molar-refractivity contribution in [1.82, 2.24) is 25.1 Å². The van der Waals surface area contributed by atoms with Crippen molar-refractivity contribution in [2.75, 3.05) is 13.1 Å². The number of H-pyrrole nitrogens is 1. The third-order valence-electron chi connectivity index (χ3n) is 5.56. The number of aromatic nitrogens is 4. The summed E-state index contributed by atoms with van der Waals surface area (Å²) in [4.78, 5) is 23.2. The molecule has 1 saturated heterocycles. The maximum Gasteiger partial charge on any atom is 0.256 e. The molecule has 1 aromatic carbocycles. The standard InChI is InChI=1S/C22H25N5O/c1-3-20-23-12-17(13-24-20)22(28)27-10-8-16(9-11-27)21-19(14-25-26-21)18-7-5-4-6-15(18)2/h4-7,12-14,16H,3,8-11H2,1-2H3,(H,25,26). The van der Waals surface area contributed by atoms with E-state index < -0.39 is 0 Å². The van der Waals surface area contributed by atoms with Crippen LogP contribution in [0.15, 0.2) is 42.9 Å². The number of aryl methyl sites for hydroxylation is 2. The Morgan fingerprint density at radius 1 is 1.11 bits per heavy atom. The lowest BCUT2D eigenvalue weighted by Crippen LogP contribution is -2.38. The number of nitrogens with one attached hydrogen (secondary N) is 1. The van der Waals surface area contributed by atoms with E-state index in [1.54, 1.807) is 12.4 Å². The lowest BCUT2D eigenvalue weighted by molar-refractivity contribution is 0.0711. The number of piperidine rings is 1. The quantitative estimate of drug-likeness (QED) is 0.753. The number of hydrogen-bond acceptors (Lipinski definition) is 4. The van der Waals surface area contributed by atoms with E-state index in [2.05, 4.69) is 51.4 Å². The van der Waals surface area contributed by atoms with Gasteiger partial charge in [-0.2, -0.15) is 5.10 Å². The molecule has 1 fully saturated rings. The molecule has 0 unspecified atom stereocenters. The monoisotopic (exact) mass is 375 g/mol. The predicted molar refractivity (Wildman–Crippen MR) is 108 cm³/mol. The van der Waals surface area contributed by atoms with Crippen molar-refractivity contribution >= 4 is 5.91 Å². The summed E-state index contributed by atoms with van der Waals surface area (Å²) >= 11 is 0. The van der Waals surface area contributed by atoms with Crippen LogP contribution in [0.25, 0.3) is 11.1 Å². The molecule has 3 aromatic rings. The Bertz CT molecular complexity index is 955. The van der Waals surface area contributed by atoms with Gasteiger partial charge in [0.1, 0.15) is 5.82 Å². The molecule has 0 atom stereocenters. The van der Waals surface area contributed by atoms with Gasteiger partial charge in [-0.05, 0) is 30.9 Å². The summed E-state index contributed by atoms with van der Waals surface area (Å²) in [5.41, 5.74) is 5.38. The molecular formula is C22H25N5O. The molecule has 4 rings (SSSR count). The normalized spacial score (nSPS) is 15.0. The van der Waals surface area contributed by atoms with E-state index in [0.29, 0.717) is 11.5 Å². The minimum atomic E-state index is 0.0184. The van der Waals surface area contributed by atoms with E-state index >= 15 is 0 Å². The Balaban J connectivity index is 1.46. The van der Waals surface area contributed by atoms with Crippen molar-refractivity contribution in [2.24, 2.45) is 0 Å². The fourth-order valence-electron chi connectivity index (χ4n) is 3.90. The number of nitrogens with zero attached hydrogens (tertiary/aromatic N) is 4. The number of hydrogen-bond donors (Lipinski definition) is 1. The van der Waals surface area contributed by atoms with Gasteiger partial charge in [-0.15, -0.1) is 0 Å². The highest BCUT2D eigenvalue weighted by molar-refractivity contribution is 5.93. The minimum Gasteiger partial charge on any atom is -0.339 e. The molecule has 2 aromatic heterocycles. The third kappa shape index (κ3) is 3.54. The Morgan fingerprint density at radius 2 is 1.82 bits per heavy atom. The van der Waals surface area contributed by atoms with Crippen LogP contribution in [0.1, 0.15) is 53.1 Å². The third-order valence-corrected chi connectivity index (χ3v) is 5.56. The van der Waals surface area contributed by atoms with Crippen molar-refractivity contribution in [3.05, 3.63) is 65.5 Å². The van der Waals surface area contributed by atoms with Gasteiger partial charge in [-0.1, -0.05) is 31.2 Å². The van der Waals surface area contributed by atoms with Crippen molar-refractivity contribution in [1.29, 1.82) is 0 Å². The molecule has 1 aliphatic rings. The highest BCUT2D eigenvalue weighted by Crippen LogP contribution is 2.35. The molecule has 0 aliphatic carbocycles. The topological polar surface area (TPSA) is 74.8 Å². The zero-order chi connectivity index (χ0) is 19.5. The summed E-state index contributed by atoms with van der Waals surface area (Å²) in [6, 6.07) is 8.38. The molecule has 0 radical (unpaired) electrons. The van der Waals surface area contributed by atoms with E-state index in [-0.39, 0.29) is 5.91 Å². The second kappa shape index (κ2) is 7.92. The van der Waals surface area contributed by atoms with Gasteiger partial charge in [0, 0.05) is 49.1 Å². The van der Waals surface area contributed by atoms with Crippen LogP contribution in [-0.2, 0) is 6.42 Å². The molecular weight excluding hydrogens is 350 g/mol. The smallest absolute Gasteiger partial charge is 0.256 e. The van der Waals surface area contributed by atoms with E-state index in [9.17, 15) is 4.79 Å². The second-order valence-corrected chi connectivity index (χ2v) is 7.32. The number of likely N-dealkylation sites (tertiary alicyclic amines) is 1. The molecule has 6 heteroatoms. The first-order valence-corrected chi connectivity index (χ1v) is 9.86. The average Bonchev–Trinajstić information content (AvgIpc) is 3.23. The zero-order valence-electron chi connectivity index (χ0n) is 16.4. The Labute approximate surface area is 165 Å². The highest BCUT2D eigenvalue weighted by Gasteiger charge is 2.27. The molecule has 0 saturated carbocycles. The number of rotatable bonds is 4. The van der Waals surface area contributed by atoms with Crippen LogP contribution in [0, 0.1) is 6.92 Å². The zero-order valence-corrected chi connectivity index (χ0v) is 16.4. The van der Waals surface area contributed by atoms with Crippen LogP contribution in [-0.4, -0.2) is 44.1 Å². The summed E-state index contributed by atoms with van der Waals surface area (Å²) in [6.07, 6.45) is 7.81. The molecule has 1 aliphatic heterocycles. The Kier molecular flexibility index (Phi) is 5.19. The van der Waals surface area contributed by atoms with Crippen LogP contribution in [0.5, 0.6) is 0 Å². The summed E-state index contributed by atoms with van der Waals surface area (Å²) in [5, 5.41) is 7.53. The van der Waals surface area contributed by atoms with Gasteiger partial charge in [-0.25, -0.2) is 9.97 Å². The van der Waals surface area contributed by atoms with Gasteiger partial charge in [0.25, 0.3) is 5.91 Å². The van der Waals surface area contributed by atoms with E-state index in [4.69, 9.17) is 0 Å². The van der Waals surface area contributed by atoms with E-state index in [1.807, 2.05) is 18.0 Å². The fourth-order valence-corrected chi connectivity index (χ4v) is 3.90. The Morgan fingerprint density at radius 3 is 2.50 bits per heavy atom. The maximum absolute atomic E-state index is 12.8. The largest absolute Gasteiger partial charge is 0.339 e. The molecule has 28 heavy (non-hydrogen) atoms. The lowest BCUT2D eigenvalue weighted by atomic mass is 9.88. The molecule has 144 valence electrons. The summed E-state index contributed by atoms with van der Waals surface area (Å²) < 4.78 is 0.